The Bertz CT molecular complexity index is 1120. The second-order valence-electron chi connectivity index (χ2n) is 14.1. The topological polar surface area (TPSA) is 152 Å². The maximum Gasteiger partial charge on any atom is 0.306 e. The fourth-order valence-electron chi connectivity index (χ4n) is 5.74. The molecule has 4 N–H and O–H groups in total. The molecule has 314 valence electrons. The molecule has 1 aliphatic heterocycles. The van der Waals surface area contributed by atoms with Crippen LogP contribution in [0, 0.1) is 0 Å². The highest BCUT2D eigenvalue weighted by atomic mass is 16.7. The second kappa shape index (κ2) is 35.5. The number of esters is 2. The first-order valence-corrected chi connectivity index (χ1v) is 21.0. The van der Waals surface area contributed by atoms with E-state index in [1.807, 2.05) is 0 Å². The van der Waals surface area contributed by atoms with E-state index < -0.39 is 55.4 Å². The van der Waals surface area contributed by atoms with Crippen LogP contribution in [0.3, 0.4) is 0 Å². The van der Waals surface area contributed by atoms with Gasteiger partial charge in [-0.3, -0.25) is 9.59 Å². The predicted octanol–water partition coefficient (Wildman–Crippen LogP) is 8.44. The van der Waals surface area contributed by atoms with Crippen LogP contribution in [0.25, 0.3) is 0 Å². The Morgan fingerprint density at radius 1 is 0.582 bits per heavy atom. The number of unbranched alkanes of at least 4 members (excludes halogenated alkanes) is 10. The van der Waals surface area contributed by atoms with Crippen LogP contribution < -0.4 is 0 Å². The molecule has 0 aromatic rings. The molecule has 1 heterocycles. The average molecular weight is 775 g/mol. The number of carbonyl (C=O) groups is 2. The third-order valence-electron chi connectivity index (χ3n) is 9.08. The number of hydrogen-bond acceptors (Lipinski definition) is 10. The lowest BCUT2D eigenvalue weighted by atomic mass is 9.99. The van der Waals surface area contributed by atoms with Crippen LogP contribution in [0.4, 0.5) is 0 Å². The Balaban J connectivity index is 2.43. The van der Waals surface area contributed by atoms with Gasteiger partial charge in [-0.25, -0.2) is 0 Å². The summed E-state index contributed by atoms with van der Waals surface area (Å²) in [4.78, 5) is 25.2. The van der Waals surface area contributed by atoms with E-state index in [2.05, 4.69) is 86.8 Å². The van der Waals surface area contributed by atoms with E-state index in [1.54, 1.807) is 0 Å². The van der Waals surface area contributed by atoms with Crippen LogP contribution in [-0.2, 0) is 28.5 Å². The van der Waals surface area contributed by atoms with Crippen molar-refractivity contribution in [1.29, 1.82) is 0 Å². The van der Waals surface area contributed by atoms with Crippen molar-refractivity contribution in [3.63, 3.8) is 0 Å². The SMILES string of the molecule is CC/C=C/C/C=C/C/C=C/C/C=C/CCCCC(=O)O[C@@H](COC(=O)CCCC/C=C/C/C=C/CCCCCCCC)CO[C@H]1O[C@@H](CO)[C@@H](O)C(O)C1O. The standard InChI is InChI=1S/C45H74O10/c1-3-5-7-9-11-13-15-17-19-21-23-25-27-29-31-33-40(47)52-36-38(37-53-45-44(51)43(50)42(49)39(35-46)55-45)54-41(48)34-32-30-28-26-24-22-20-18-16-14-12-10-8-6-4-2/h6,8,12,14,17-20,23-26,38-39,42-46,49-51H,3-5,7,9-11,13,15-16,21-22,27-37H2,1-2H3/b8-6+,14-12+,19-17+,20-18+,25-23+,26-24+/t38-,39-,42+,43?,44?,45-/m0/s1. The summed E-state index contributed by atoms with van der Waals surface area (Å²) in [6.07, 6.45) is 36.3. The van der Waals surface area contributed by atoms with Crippen LogP contribution in [0.15, 0.2) is 72.9 Å². The zero-order valence-electron chi connectivity index (χ0n) is 33.9. The van der Waals surface area contributed by atoms with Crippen molar-refractivity contribution in [2.45, 2.75) is 179 Å². The monoisotopic (exact) mass is 775 g/mol. The van der Waals surface area contributed by atoms with Crippen LogP contribution in [0.5, 0.6) is 0 Å². The summed E-state index contributed by atoms with van der Waals surface area (Å²) in [5.41, 5.74) is 0. The molecule has 0 bridgehead atoms. The zero-order valence-corrected chi connectivity index (χ0v) is 33.9. The third-order valence-corrected chi connectivity index (χ3v) is 9.08. The van der Waals surface area contributed by atoms with Gasteiger partial charge in [0.2, 0.25) is 0 Å². The summed E-state index contributed by atoms with van der Waals surface area (Å²) in [7, 11) is 0. The highest BCUT2D eigenvalue weighted by Gasteiger charge is 2.44. The highest BCUT2D eigenvalue weighted by Crippen LogP contribution is 2.22. The smallest absolute Gasteiger partial charge is 0.306 e. The molecule has 1 aliphatic rings. The van der Waals surface area contributed by atoms with E-state index >= 15 is 0 Å². The first kappa shape index (κ1) is 50.2. The van der Waals surface area contributed by atoms with Gasteiger partial charge in [-0.05, 0) is 83.5 Å². The Hall–Kier alpha value is -2.86. The van der Waals surface area contributed by atoms with Gasteiger partial charge < -0.3 is 39.4 Å². The Labute approximate surface area is 332 Å². The summed E-state index contributed by atoms with van der Waals surface area (Å²) in [5, 5.41) is 40.0. The third kappa shape index (κ3) is 27.4. The van der Waals surface area contributed by atoms with Gasteiger partial charge in [0, 0.05) is 12.8 Å². The normalized spacial score (nSPS) is 21.3. The van der Waals surface area contributed by atoms with Crippen molar-refractivity contribution >= 4 is 11.9 Å². The molecule has 0 radical (unpaired) electrons. The molecule has 1 saturated heterocycles. The van der Waals surface area contributed by atoms with Gasteiger partial charge in [0.1, 0.15) is 31.0 Å². The van der Waals surface area contributed by atoms with Crippen molar-refractivity contribution in [3.05, 3.63) is 72.9 Å². The van der Waals surface area contributed by atoms with Crippen LogP contribution >= 0.6 is 0 Å². The lowest BCUT2D eigenvalue weighted by molar-refractivity contribution is -0.305. The minimum atomic E-state index is -1.61. The minimum absolute atomic E-state index is 0.167. The zero-order chi connectivity index (χ0) is 40.2. The quantitative estimate of drug-likeness (QED) is 0.0291. The molecule has 1 fully saturated rings. The van der Waals surface area contributed by atoms with E-state index in [9.17, 15) is 30.0 Å². The number of aliphatic hydroxyl groups is 4. The van der Waals surface area contributed by atoms with Crippen molar-refractivity contribution in [2.75, 3.05) is 19.8 Å². The number of ether oxygens (including phenoxy) is 4. The molecular formula is C45H74O10. The molecule has 0 amide bonds. The van der Waals surface area contributed by atoms with Crippen molar-refractivity contribution in [3.8, 4) is 0 Å². The van der Waals surface area contributed by atoms with E-state index in [4.69, 9.17) is 18.9 Å². The maximum atomic E-state index is 12.7. The van der Waals surface area contributed by atoms with Crippen LogP contribution in [0.1, 0.15) is 142 Å². The summed E-state index contributed by atoms with van der Waals surface area (Å²) in [5.74, 6) is -0.902. The highest BCUT2D eigenvalue weighted by molar-refractivity contribution is 5.70. The number of hydrogen-bond donors (Lipinski definition) is 4. The second-order valence-corrected chi connectivity index (χ2v) is 14.1. The maximum absolute atomic E-state index is 12.7. The molecule has 0 spiro atoms. The van der Waals surface area contributed by atoms with Gasteiger partial charge in [0.15, 0.2) is 12.4 Å². The van der Waals surface area contributed by atoms with Gasteiger partial charge in [-0.1, -0.05) is 119 Å². The van der Waals surface area contributed by atoms with Gasteiger partial charge >= 0.3 is 11.9 Å². The van der Waals surface area contributed by atoms with Gasteiger partial charge in [-0.15, -0.1) is 0 Å². The molecular weight excluding hydrogens is 700 g/mol. The van der Waals surface area contributed by atoms with E-state index in [-0.39, 0.29) is 26.1 Å². The molecule has 0 saturated carbocycles. The molecule has 10 nitrogen and oxygen atoms in total. The number of aliphatic hydroxyl groups excluding tert-OH is 4. The van der Waals surface area contributed by atoms with E-state index in [0.29, 0.717) is 12.8 Å². The molecule has 55 heavy (non-hydrogen) atoms. The summed E-state index contributed by atoms with van der Waals surface area (Å²) >= 11 is 0. The van der Waals surface area contributed by atoms with E-state index in [1.165, 1.54) is 38.5 Å². The number of rotatable bonds is 33. The van der Waals surface area contributed by atoms with Crippen molar-refractivity contribution in [1.82, 2.24) is 0 Å². The van der Waals surface area contributed by atoms with Crippen molar-refractivity contribution < 1.29 is 49.0 Å². The predicted molar refractivity (Wildman–Crippen MR) is 219 cm³/mol. The largest absolute Gasteiger partial charge is 0.462 e. The van der Waals surface area contributed by atoms with Crippen LogP contribution in [0.2, 0.25) is 0 Å². The van der Waals surface area contributed by atoms with Gasteiger partial charge in [0.25, 0.3) is 0 Å². The Morgan fingerprint density at radius 2 is 1.07 bits per heavy atom. The first-order chi connectivity index (χ1) is 26.8. The molecule has 0 aromatic carbocycles. The van der Waals surface area contributed by atoms with Crippen molar-refractivity contribution in [2.24, 2.45) is 0 Å². The molecule has 0 aromatic heterocycles. The minimum Gasteiger partial charge on any atom is -0.462 e. The summed E-state index contributed by atoms with van der Waals surface area (Å²) in [6, 6.07) is 0. The van der Waals surface area contributed by atoms with Gasteiger partial charge in [-0.2, -0.15) is 0 Å². The molecule has 0 aliphatic carbocycles. The fourth-order valence-corrected chi connectivity index (χ4v) is 5.74. The molecule has 1 rings (SSSR count). The fraction of sp³-hybridized carbons (Fsp3) is 0.689. The van der Waals surface area contributed by atoms with Crippen LogP contribution in [-0.4, -0.2) is 89.0 Å². The number of carbonyl (C=O) groups excluding carboxylic acids is 2. The number of allylic oxidation sites excluding steroid dienone is 12. The summed E-state index contributed by atoms with van der Waals surface area (Å²) < 4.78 is 22.0. The average Bonchev–Trinajstić information content (AvgIpc) is 3.18. The Morgan fingerprint density at radius 3 is 1.62 bits per heavy atom. The molecule has 6 atom stereocenters. The van der Waals surface area contributed by atoms with Gasteiger partial charge in [0.05, 0.1) is 13.2 Å². The molecule has 2 unspecified atom stereocenters. The Kier molecular flexibility index (Phi) is 32.4. The van der Waals surface area contributed by atoms with E-state index in [0.717, 1.165) is 64.2 Å². The summed E-state index contributed by atoms with van der Waals surface area (Å²) in [6.45, 7) is 3.20. The lowest BCUT2D eigenvalue weighted by Crippen LogP contribution is -2.59. The molecule has 10 heteroatoms. The lowest BCUT2D eigenvalue weighted by Gasteiger charge is -2.39. The first-order valence-electron chi connectivity index (χ1n) is 21.0.